The van der Waals surface area contributed by atoms with Gasteiger partial charge in [0.1, 0.15) is 0 Å². The molecule has 1 aliphatic heterocycles. The number of methoxy groups -OCH3 is 2. The third-order valence-corrected chi connectivity index (χ3v) is 9.36. The first-order valence-electron chi connectivity index (χ1n) is 10.2. The minimum atomic E-state index is -3.80. The first kappa shape index (κ1) is 24.5. The molecular weight excluding hydrogens is 452 g/mol. The Morgan fingerprint density at radius 1 is 0.688 bits per heavy atom. The smallest absolute Gasteiger partial charge is 0.243 e. The fourth-order valence-electron chi connectivity index (χ4n) is 3.55. The number of ether oxygens (including phenoxy) is 2. The molecule has 10 heteroatoms. The largest absolute Gasteiger partial charge is 0.493 e. The predicted octanol–water partition coefficient (Wildman–Crippen LogP) is 2.70. The summed E-state index contributed by atoms with van der Waals surface area (Å²) in [5, 5.41) is 0. The summed E-state index contributed by atoms with van der Waals surface area (Å²) in [4.78, 5) is 0.283. The van der Waals surface area contributed by atoms with Gasteiger partial charge in [0.2, 0.25) is 20.0 Å². The van der Waals surface area contributed by atoms with E-state index >= 15 is 0 Å². The summed E-state index contributed by atoms with van der Waals surface area (Å²) >= 11 is 0. The lowest BCUT2D eigenvalue weighted by molar-refractivity contribution is 0.272. The molecule has 2 aromatic carbocycles. The van der Waals surface area contributed by atoms with Gasteiger partial charge in [-0.1, -0.05) is 32.9 Å². The van der Waals surface area contributed by atoms with Gasteiger partial charge in [-0.3, -0.25) is 0 Å². The van der Waals surface area contributed by atoms with Crippen molar-refractivity contribution in [3.63, 3.8) is 0 Å². The molecular formula is C22H30N2O6S2. The van der Waals surface area contributed by atoms with Gasteiger partial charge in [0, 0.05) is 32.2 Å². The molecule has 1 aliphatic rings. The van der Waals surface area contributed by atoms with Crippen LogP contribution in [0, 0.1) is 0 Å². The van der Waals surface area contributed by atoms with E-state index < -0.39 is 20.0 Å². The van der Waals surface area contributed by atoms with E-state index in [1.165, 1.54) is 41.0 Å². The van der Waals surface area contributed by atoms with Crippen LogP contribution < -0.4 is 9.47 Å². The highest BCUT2D eigenvalue weighted by atomic mass is 32.2. The summed E-state index contributed by atoms with van der Waals surface area (Å²) in [6.07, 6.45) is 0. The van der Waals surface area contributed by atoms with E-state index in [4.69, 9.17) is 9.47 Å². The van der Waals surface area contributed by atoms with Crippen LogP contribution in [0.15, 0.2) is 52.3 Å². The van der Waals surface area contributed by atoms with Gasteiger partial charge in [0.25, 0.3) is 0 Å². The molecule has 0 atom stereocenters. The number of hydrogen-bond acceptors (Lipinski definition) is 6. The summed E-state index contributed by atoms with van der Waals surface area (Å²) in [6, 6.07) is 11.3. The fraction of sp³-hybridized carbons (Fsp3) is 0.455. The molecule has 0 aromatic heterocycles. The number of hydrogen-bond donors (Lipinski definition) is 0. The first-order chi connectivity index (χ1) is 14.9. The highest BCUT2D eigenvalue weighted by Gasteiger charge is 2.34. The number of sulfonamides is 2. The molecule has 0 aliphatic carbocycles. The van der Waals surface area contributed by atoms with Crippen molar-refractivity contribution < 1.29 is 26.3 Å². The van der Waals surface area contributed by atoms with Crippen molar-refractivity contribution in [1.82, 2.24) is 8.61 Å². The number of piperazine rings is 1. The van der Waals surface area contributed by atoms with Gasteiger partial charge in [-0.2, -0.15) is 8.61 Å². The van der Waals surface area contributed by atoms with Gasteiger partial charge in [0.05, 0.1) is 24.0 Å². The zero-order valence-electron chi connectivity index (χ0n) is 19.0. The van der Waals surface area contributed by atoms with E-state index in [1.807, 2.05) is 12.1 Å². The summed E-state index contributed by atoms with van der Waals surface area (Å²) in [5.41, 5.74) is 0.967. The quantitative estimate of drug-likeness (QED) is 0.629. The molecule has 32 heavy (non-hydrogen) atoms. The van der Waals surface area contributed by atoms with E-state index in [0.29, 0.717) is 11.5 Å². The molecule has 176 valence electrons. The van der Waals surface area contributed by atoms with Gasteiger partial charge in [0.15, 0.2) is 11.5 Å². The van der Waals surface area contributed by atoms with Gasteiger partial charge < -0.3 is 9.47 Å². The van der Waals surface area contributed by atoms with Crippen molar-refractivity contribution in [2.45, 2.75) is 36.0 Å². The Morgan fingerprint density at radius 3 is 1.56 bits per heavy atom. The van der Waals surface area contributed by atoms with Crippen molar-refractivity contribution in [3.05, 3.63) is 48.0 Å². The molecule has 0 radical (unpaired) electrons. The lowest BCUT2D eigenvalue weighted by atomic mass is 9.87. The van der Waals surface area contributed by atoms with Crippen LogP contribution in [0.3, 0.4) is 0 Å². The Kier molecular flexibility index (Phi) is 6.90. The Bertz CT molecular complexity index is 1160. The molecule has 0 amide bonds. The lowest BCUT2D eigenvalue weighted by Crippen LogP contribution is -2.50. The van der Waals surface area contributed by atoms with Crippen molar-refractivity contribution in [1.29, 1.82) is 0 Å². The monoisotopic (exact) mass is 482 g/mol. The molecule has 8 nitrogen and oxygen atoms in total. The topological polar surface area (TPSA) is 93.2 Å². The summed E-state index contributed by atoms with van der Waals surface area (Å²) in [7, 11) is -4.59. The molecule has 2 aromatic rings. The first-order valence-corrected chi connectivity index (χ1v) is 13.1. The SMILES string of the molecule is COc1ccc(S(=O)(=O)N2CCN(S(=O)(=O)c3ccc(C(C)(C)C)cc3)CC2)cc1OC. The maximum Gasteiger partial charge on any atom is 0.243 e. The zero-order valence-corrected chi connectivity index (χ0v) is 20.7. The molecule has 1 saturated heterocycles. The Hall–Kier alpha value is -2.14. The second-order valence-corrected chi connectivity index (χ2v) is 12.5. The van der Waals surface area contributed by atoms with Gasteiger partial charge in [-0.15, -0.1) is 0 Å². The molecule has 0 saturated carbocycles. The maximum atomic E-state index is 13.1. The van der Waals surface area contributed by atoms with Crippen LogP contribution in [0.1, 0.15) is 26.3 Å². The van der Waals surface area contributed by atoms with Crippen LogP contribution in [0.25, 0.3) is 0 Å². The van der Waals surface area contributed by atoms with Crippen molar-refractivity contribution in [3.8, 4) is 11.5 Å². The van der Waals surface area contributed by atoms with Crippen molar-refractivity contribution >= 4 is 20.0 Å². The molecule has 3 rings (SSSR count). The van der Waals surface area contributed by atoms with Crippen LogP contribution in [0.2, 0.25) is 0 Å². The zero-order chi connectivity index (χ0) is 23.7. The Morgan fingerprint density at radius 2 is 1.12 bits per heavy atom. The fourth-order valence-corrected chi connectivity index (χ4v) is 6.41. The molecule has 0 spiro atoms. The summed E-state index contributed by atoms with van der Waals surface area (Å²) in [5.74, 6) is 0.744. The third-order valence-electron chi connectivity index (χ3n) is 5.55. The highest BCUT2D eigenvalue weighted by Crippen LogP contribution is 2.31. The van der Waals surface area contributed by atoms with Crippen LogP contribution in [0.4, 0.5) is 0 Å². The lowest BCUT2D eigenvalue weighted by Gasteiger charge is -2.33. The van der Waals surface area contributed by atoms with Crippen LogP contribution >= 0.6 is 0 Å². The van der Waals surface area contributed by atoms with E-state index in [9.17, 15) is 16.8 Å². The summed E-state index contributed by atoms with van der Waals surface area (Å²) < 4.78 is 65.3. The molecule has 0 N–H and O–H groups in total. The second kappa shape index (κ2) is 9.01. The van der Waals surface area contributed by atoms with Crippen LogP contribution in [-0.2, 0) is 25.5 Å². The van der Waals surface area contributed by atoms with Crippen molar-refractivity contribution in [2.24, 2.45) is 0 Å². The molecule has 0 bridgehead atoms. The standard InChI is InChI=1S/C22H30N2O6S2/c1-22(2,3)17-6-8-18(9-7-17)31(25,26)23-12-14-24(15-13-23)32(27,28)19-10-11-20(29-4)21(16-19)30-5/h6-11,16H,12-15H2,1-5H3. The molecule has 0 unspecified atom stereocenters. The average Bonchev–Trinajstić information content (AvgIpc) is 2.78. The van der Waals surface area contributed by atoms with E-state index in [0.717, 1.165) is 5.56 Å². The number of benzene rings is 2. The second-order valence-electron chi connectivity index (χ2n) is 8.60. The average molecular weight is 483 g/mol. The minimum Gasteiger partial charge on any atom is -0.493 e. The predicted molar refractivity (Wildman–Crippen MR) is 122 cm³/mol. The minimum absolute atomic E-state index is 0.0655. The highest BCUT2D eigenvalue weighted by molar-refractivity contribution is 7.89. The van der Waals surface area contributed by atoms with E-state index in [-0.39, 0.29) is 41.4 Å². The normalized spacial score (nSPS) is 16.7. The maximum absolute atomic E-state index is 13.1. The molecule has 1 heterocycles. The van der Waals surface area contributed by atoms with Crippen LogP contribution in [-0.4, -0.2) is 65.8 Å². The third kappa shape index (κ3) is 4.78. The van der Waals surface area contributed by atoms with Gasteiger partial charge in [-0.25, -0.2) is 16.8 Å². The van der Waals surface area contributed by atoms with Gasteiger partial charge in [-0.05, 0) is 35.2 Å². The van der Waals surface area contributed by atoms with Crippen LogP contribution in [0.5, 0.6) is 11.5 Å². The summed E-state index contributed by atoms with van der Waals surface area (Å²) in [6.45, 7) is 6.48. The Labute approximate surface area is 190 Å². The number of nitrogens with zero attached hydrogens (tertiary/aromatic N) is 2. The molecule has 1 fully saturated rings. The van der Waals surface area contributed by atoms with Crippen molar-refractivity contribution in [2.75, 3.05) is 40.4 Å². The van der Waals surface area contributed by atoms with E-state index in [1.54, 1.807) is 12.1 Å². The van der Waals surface area contributed by atoms with E-state index in [2.05, 4.69) is 20.8 Å². The number of rotatable bonds is 6. The van der Waals surface area contributed by atoms with Gasteiger partial charge >= 0.3 is 0 Å². The Balaban J connectivity index is 1.75.